The molecule has 0 radical (unpaired) electrons. The fourth-order valence-corrected chi connectivity index (χ4v) is 5.03. The van der Waals surface area contributed by atoms with Crippen LogP contribution in [0.15, 0.2) is 49.1 Å². The monoisotopic (exact) mass is 495 g/mol. The number of hydrogen-bond acceptors (Lipinski definition) is 7. The van der Waals surface area contributed by atoms with Crippen LogP contribution in [-0.4, -0.2) is 61.6 Å². The molecule has 0 unspecified atom stereocenters. The van der Waals surface area contributed by atoms with E-state index in [-0.39, 0.29) is 11.9 Å². The van der Waals surface area contributed by atoms with Crippen LogP contribution in [0.3, 0.4) is 0 Å². The average molecular weight is 496 g/mol. The highest BCUT2D eigenvalue weighted by molar-refractivity contribution is 6.06. The number of pyridine rings is 3. The number of amides is 1. The molecule has 0 saturated carbocycles. The molecule has 1 fully saturated rings. The number of H-pyrrole nitrogens is 1. The van der Waals surface area contributed by atoms with Crippen LogP contribution in [-0.2, 0) is 0 Å². The molecule has 5 aromatic rings. The van der Waals surface area contributed by atoms with Gasteiger partial charge in [-0.1, -0.05) is 0 Å². The molecule has 0 bridgehead atoms. The quantitative estimate of drug-likeness (QED) is 0.338. The summed E-state index contributed by atoms with van der Waals surface area (Å²) in [6.07, 6.45) is 7.06. The predicted octanol–water partition coefficient (Wildman–Crippen LogP) is 3.92. The molecular formula is C27H29N9O. The van der Waals surface area contributed by atoms with Gasteiger partial charge in [0.2, 0.25) is 0 Å². The lowest BCUT2D eigenvalue weighted by Crippen LogP contribution is -2.43. The third-order valence-corrected chi connectivity index (χ3v) is 6.78. The molecule has 3 N–H and O–H groups in total. The molecule has 0 aromatic carbocycles. The second kappa shape index (κ2) is 9.29. The summed E-state index contributed by atoms with van der Waals surface area (Å²) in [5, 5.41) is 7.21. The van der Waals surface area contributed by atoms with E-state index in [1.807, 2.05) is 31.5 Å². The summed E-state index contributed by atoms with van der Waals surface area (Å²) < 4.78 is 2.21. The van der Waals surface area contributed by atoms with Crippen molar-refractivity contribution in [3.05, 3.63) is 60.4 Å². The van der Waals surface area contributed by atoms with Gasteiger partial charge in [0.15, 0.2) is 0 Å². The van der Waals surface area contributed by atoms with Gasteiger partial charge >= 0.3 is 0 Å². The van der Waals surface area contributed by atoms with E-state index in [0.29, 0.717) is 11.3 Å². The van der Waals surface area contributed by atoms with Gasteiger partial charge in [-0.25, -0.2) is 15.0 Å². The minimum Gasteiger partial charge on any atom is -0.354 e. The van der Waals surface area contributed by atoms with Crippen LogP contribution in [0.4, 0.5) is 11.5 Å². The number of aromatic nitrogens is 6. The molecule has 1 saturated heterocycles. The summed E-state index contributed by atoms with van der Waals surface area (Å²) in [4.78, 5) is 36.8. The van der Waals surface area contributed by atoms with Crippen molar-refractivity contribution in [1.82, 2.24) is 34.8 Å². The molecule has 1 amide bonds. The molecule has 10 heteroatoms. The van der Waals surface area contributed by atoms with Gasteiger partial charge in [0.1, 0.15) is 22.8 Å². The number of nitrogens with one attached hydrogen (secondary N) is 3. The topological polar surface area (TPSA) is 117 Å². The molecule has 37 heavy (non-hydrogen) atoms. The Kier molecular flexibility index (Phi) is 5.80. The number of imidazole rings is 1. The molecule has 0 atom stereocenters. The summed E-state index contributed by atoms with van der Waals surface area (Å²) in [5.41, 5.74) is 5.56. The van der Waals surface area contributed by atoms with Crippen molar-refractivity contribution in [2.75, 3.05) is 36.4 Å². The lowest BCUT2D eigenvalue weighted by Gasteiger charge is -2.28. The molecule has 0 aliphatic carbocycles. The van der Waals surface area contributed by atoms with Crippen molar-refractivity contribution in [3.63, 3.8) is 0 Å². The number of piperazine rings is 1. The second-order valence-corrected chi connectivity index (χ2v) is 9.60. The van der Waals surface area contributed by atoms with Crippen LogP contribution in [0.25, 0.3) is 33.3 Å². The first-order valence-electron chi connectivity index (χ1n) is 12.5. The van der Waals surface area contributed by atoms with Gasteiger partial charge in [-0.2, -0.15) is 0 Å². The molecule has 0 spiro atoms. The Labute approximate surface area is 214 Å². The zero-order valence-corrected chi connectivity index (χ0v) is 21.1. The molecule has 5 aromatic heterocycles. The normalized spacial score (nSPS) is 14.1. The second-order valence-electron chi connectivity index (χ2n) is 9.60. The summed E-state index contributed by atoms with van der Waals surface area (Å²) in [6.45, 7) is 9.86. The van der Waals surface area contributed by atoms with Crippen molar-refractivity contribution in [3.8, 4) is 11.3 Å². The number of rotatable bonds is 5. The van der Waals surface area contributed by atoms with Crippen molar-refractivity contribution >= 4 is 39.5 Å². The maximum absolute atomic E-state index is 13.1. The summed E-state index contributed by atoms with van der Waals surface area (Å²) >= 11 is 0. The number of carbonyl (C=O) groups is 1. The molecule has 1 aliphatic heterocycles. The van der Waals surface area contributed by atoms with E-state index in [2.05, 4.69) is 64.9 Å². The van der Waals surface area contributed by atoms with E-state index in [4.69, 9.17) is 0 Å². The highest BCUT2D eigenvalue weighted by Crippen LogP contribution is 2.31. The minimum atomic E-state index is -0.201. The standard InChI is InChI=1S/C27H29N9O/c1-16(2)36-17(3)33-23-15-30-22(12-24(23)36)21-14-32-26-20(21)11-19(13-31-26)34-27(37)18-4-5-29-25(10-18)35-8-6-28-7-9-35/h4-5,10-16,28H,6-9H2,1-3H3,(H,31,32)(H,34,37). The first-order chi connectivity index (χ1) is 18.0. The molecule has 10 nitrogen and oxygen atoms in total. The van der Waals surface area contributed by atoms with Crippen LogP contribution in [0, 0.1) is 6.92 Å². The third kappa shape index (κ3) is 4.29. The third-order valence-electron chi connectivity index (χ3n) is 6.78. The maximum atomic E-state index is 13.1. The van der Waals surface area contributed by atoms with Crippen LogP contribution in [0.1, 0.15) is 36.1 Å². The van der Waals surface area contributed by atoms with E-state index < -0.39 is 0 Å². The summed E-state index contributed by atoms with van der Waals surface area (Å²) in [6, 6.07) is 7.85. The number of hydrogen-bond donors (Lipinski definition) is 3. The molecule has 6 rings (SSSR count). The Bertz CT molecular complexity index is 1610. The largest absolute Gasteiger partial charge is 0.354 e. The van der Waals surface area contributed by atoms with Gasteiger partial charge in [-0.3, -0.25) is 9.78 Å². The Balaban J connectivity index is 1.30. The van der Waals surface area contributed by atoms with Gasteiger partial charge in [0, 0.05) is 61.1 Å². The first-order valence-corrected chi connectivity index (χ1v) is 12.5. The SMILES string of the molecule is Cc1nc2cnc(-c3c[nH]c4ncc(NC(=O)c5ccnc(N6CCNCC6)c5)cc34)cc2n1C(C)C. The van der Waals surface area contributed by atoms with Gasteiger partial charge in [0.25, 0.3) is 5.91 Å². The van der Waals surface area contributed by atoms with Crippen LogP contribution in [0.5, 0.6) is 0 Å². The Hall–Kier alpha value is -4.31. The van der Waals surface area contributed by atoms with Crippen molar-refractivity contribution in [2.24, 2.45) is 0 Å². The lowest BCUT2D eigenvalue weighted by molar-refractivity contribution is 0.102. The maximum Gasteiger partial charge on any atom is 0.255 e. The van der Waals surface area contributed by atoms with E-state index >= 15 is 0 Å². The van der Waals surface area contributed by atoms with E-state index in [9.17, 15) is 4.79 Å². The first kappa shape index (κ1) is 23.1. The highest BCUT2D eigenvalue weighted by atomic mass is 16.1. The molecular weight excluding hydrogens is 466 g/mol. The van der Waals surface area contributed by atoms with E-state index in [1.165, 1.54) is 0 Å². The number of carbonyl (C=O) groups excluding carboxylic acids is 1. The fraction of sp³-hybridized carbons (Fsp3) is 0.296. The fourth-order valence-electron chi connectivity index (χ4n) is 5.03. The number of aryl methyl sites for hydroxylation is 1. The van der Waals surface area contributed by atoms with Crippen molar-refractivity contribution in [1.29, 1.82) is 0 Å². The highest BCUT2D eigenvalue weighted by Gasteiger charge is 2.17. The van der Waals surface area contributed by atoms with E-state index in [1.54, 1.807) is 18.5 Å². The van der Waals surface area contributed by atoms with Gasteiger partial charge in [0.05, 0.1) is 29.3 Å². The van der Waals surface area contributed by atoms with Crippen molar-refractivity contribution in [2.45, 2.75) is 26.8 Å². The molecule has 6 heterocycles. The zero-order chi connectivity index (χ0) is 25.5. The van der Waals surface area contributed by atoms with Gasteiger partial charge in [-0.15, -0.1) is 0 Å². The van der Waals surface area contributed by atoms with Crippen molar-refractivity contribution < 1.29 is 4.79 Å². The lowest BCUT2D eigenvalue weighted by atomic mass is 10.1. The number of nitrogens with zero attached hydrogens (tertiary/aromatic N) is 6. The summed E-state index contributed by atoms with van der Waals surface area (Å²) in [7, 11) is 0. The smallest absolute Gasteiger partial charge is 0.255 e. The van der Waals surface area contributed by atoms with Gasteiger partial charge < -0.3 is 25.1 Å². The van der Waals surface area contributed by atoms with Gasteiger partial charge in [-0.05, 0) is 45.0 Å². The number of fused-ring (bicyclic) bond motifs is 2. The Morgan fingerprint density at radius 3 is 2.73 bits per heavy atom. The average Bonchev–Trinajstić information content (AvgIpc) is 3.48. The molecule has 188 valence electrons. The predicted molar refractivity (Wildman–Crippen MR) is 145 cm³/mol. The molecule has 1 aliphatic rings. The van der Waals surface area contributed by atoms with Crippen LogP contribution < -0.4 is 15.5 Å². The number of aromatic amines is 1. The Morgan fingerprint density at radius 1 is 1.08 bits per heavy atom. The Morgan fingerprint density at radius 2 is 1.92 bits per heavy atom. The minimum absolute atomic E-state index is 0.201. The van der Waals surface area contributed by atoms with E-state index in [0.717, 1.165) is 71.1 Å². The van der Waals surface area contributed by atoms with Crippen LogP contribution in [0.2, 0.25) is 0 Å². The van der Waals surface area contributed by atoms with Crippen LogP contribution >= 0.6 is 0 Å². The summed E-state index contributed by atoms with van der Waals surface area (Å²) in [5.74, 6) is 1.58. The zero-order valence-electron chi connectivity index (χ0n) is 21.1. The number of anilines is 2.